The van der Waals surface area contributed by atoms with Gasteiger partial charge in [-0.1, -0.05) is 27.2 Å². The van der Waals surface area contributed by atoms with Crippen LogP contribution < -0.4 is 21.7 Å². The van der Waals surface area contributed by atoms with Crippen molar-refractivity contribution in [2.75, 3.05) is 13.1 Å². The van der Waals surface area contributed by atoms with Crippen LogP contribution in [-0.2, 0) is 38.3 Å². The summed E-state index contributed by atoms with van der Waals surface area (Å²) in [6.45, 7) is 11.2. The monoisotopic (exact) mass is 675 g/mol. The molecule has 1 aliphatic carbocycles. The summed E-state index contributed by atoms with van der Waals surface area (Å²) in [6, 6.07) is -1.63. The average Bonchev–Trinajstić information content (AvgIpc) is 3.57. The molecule has 1 saturated carbocycles. The van der Waals surface area contributed by atoms with Gasteiger partial charge in [0.25, 0.3) is 11.8 Å². The molecule has 270 valence electrons. The second kappa shape index (κ2) is 19.4. The largest absolute Gasteiger partial charge is 0.458 e. The van der Waals surface area contributed by atoms with Crippen LogP contribution in [0.2, 0.25) is 0 Å². The van der Waals surface area contributed by atoms with Crippen LogP contribution in [0.25, 0.3) is 0 Å². The Kier molecular flexibility index (Phi) is 16.4. The van der Waals surface area contributed by atoms with Crippen LogP contribution in [0.15, 0.2) is 12.2 Å². The van der Waals surface area contributed by atoms with Crippen molar-refractivity contribution in [3.05, 3.63) is 12.2 Å². The second-order valence-corrected chi connectivity index (χ2v) is 14.5. The fourth-order valence-electron chi connectivity index (χ4n) is 5.79. The number of hydrogen-bond donors (Lipinski definition) is 4. The lowest BCUT2D eigenvalue weighted by molar-refractivity contribution is -0.159. The zero-order chi connectivity index (χ0) is 36.0. The predicted octanol–water partition coefficient (Wildman–Crippen LogP) is 2.45. The van der Waals surface area contributed by atoms with Crippen LogP contribution in [0, 0.1) is 17.8 Å². The molecule has 5 atom stereocenters. The Morgan fingerprint density at radius 3 is 2.19 bits per heavy atom. The molecule has 0 aromatic rings. The molecule has 13 nitrogen and oxygen atoms in total. The Morgan fingerprint density at radius 1 is 0.938 bits per heavy atom. The van der Waals surface area contributed by atoms with Crippen LogP contribution in [0.1, 0.15) is 112 Å². The number of Topliss-reactive ketones (excluding diaryl/α,β-unsaturated/α-hetero) is 1. The predicted molar refractivity (Wildman–Crippen MR) is 180 cm³/mol. The van der Waals surface area contributed by atoms with E-state index in [0.717, 1.165) is 17.7 Å². The first-order valence-electron chi connectivity index (χ1n) is 17.4. The number of hydrogen-bond acceptors (Lipinski definition) is 9. The summed E-state index contributed by atoms with van der Waals surface area (Å²) in [5, 5.41) is 8.50. The molecular formula is C35H57N5O8. The number of imide groups is 1. The number of amides is 5. The van der Waals surface area contributed by atoms with Gasteiger partial charge in [-0.3, -0.25) is 33.7 Å². The third-order valence-electron chi connectivity index (χ3n) is 8.54. The summed E-state index contributed by atoms with van der Waals surface area (Å²) in [5.74, 6) is -3.31. The second-order valence-electron chi connectivity index (χ2n) is 14.5. The average molecular weight is 676 g/mol. The van der Waals surface area contributed by atoms with Crippen LogP contribution in [0.4, 0.5) is 0 Å². The number of carbonyl (C=O) groups is 7. The molecule has 2 rings (SSSR count). The number of carbonyl (C=O) groups excluding carboxylic acids is 7. The third kappa shape index (κ3) is 14.2. The Bertz CT molecular complexity index is 1180. The number of nitrogens with one attached hydrogen (secondary N) is 3. The van der Waals surface area contributed by atoms with E-state index in [1.807, 2.05) is 13.8 Å². The maximum absolute atomic E-state index is 13.2. The van der Waals surface area contributed by atoms with Gasteiger partial charge in [0.1, 0.15) is 11.6 Å². The van der Waals surface area contributed by atoms with Crippen molar-refractivity contribution in [1.29, 1.82) is 0 Å². The zero-order valence-electron chi connectivity index (χ0n) is 29.6. The van der Waals surface area contributed by atoms with Crippen molar-refractivity contribution in [3.63, 3.8) is 0 Å². The van der Waals surface area contributed by atoms with Gasteiger partial charge in [0, 0.05) is 56.0 Å². The van der Waals surface area contributed by atoms with E-state index >= 15 is 0 Å². The van der Waals surface area contributed by atoms with Crippen molar-refractivity contribution in [1.82, 2.24) is 20.9 Å². The minimum Gasteiger partial charge on any atom is -0.458 e. The Hall–Kier alpha value is -3.61. The number of nitrogens with two attached hydrogens (primary N) is 1. The molecule has 1 heterocycles. The summed E-state index contributed by atoms with van der Waals surface area (Å²) < 4.78 is 5.55. The lowest BCUT2D eigenvalue weighted by Gasteiger charge is -2.26. The standard InChI is InChI=1S/C35H57N5O8/c1-22(2)31(39-28(42)13-8-7-11-19-40-29(43)16-17-30(40)44)27(41)20-23(3)32(45)38-26(34(47)48-35(4,5)6)12-9-10-18-37-33(46)24-14-15-25(36)21-24/h16-17,22-26,31H,7-15,18-21,36H2,1-6H3,(H,37,46)(H,38,45)(H,39,42)/t23-,24?,25+,26+,31+/m1/s1. The molecule has 1 fully saturated rings. The number of esters is 1. The fourth-order valence-corrected chi connectivity index (χ4v) is 5.79. The van der Waals surface area contributed by atoms with Crippen LogP contribution in [0.5, 0.6) is 0 Å². The Balaban J connectivity index is 1.82. The van der Waals surface area contributed by atoms with Crippen molar-refractivity contribution in [2.24, 2.45) is 23.5 Å². The first-order valence-corrected chi connectivity index (χ1v) is 17.4. The van der Waals surface area contributed by atoms with Gasteiger partial charge in [0.2, 0.25) is 17.7 Å². The molecule has 48 heavy (non-hydrogen) atoms. The van der Waals surface area contributed by atoms with E-state index in [2.05, 4.69) is 16.0 Å². The molecule has 1 unspecified atom stereocenters. The number of unbranched alkanes of at least 4 members (excludes halogenated alkanes) is 3. The van der Waals surface area contributed by atoms with Gasteiger partial charge in [-0.15, -0.1) is 0 Å². The summed E-state index contributed by atoms with van der Waals surface area (Å²) in [5.41, 5.74) is 5.15. The number of nitrogens with zero attached hydrogens (tertiary/aromatic N) is 1. The minimum atomic E-state index is -0.920. The zero-order valence-corrected chi connectivity index (χ0v) is 29.6. The van der Waals surface area contributed by atoms with Crippen molar-refractivity contribution in [3.8, 4) is 0 Å². The van der Waals surface area contributed by atoms with Crippen molar-refractivity contribution >= 4 is 41.3 Å². The lowest BCUT2D eigenvalue weighted by Crippen LogP contribution is -2.48. The first kappa shape index (κ1) is 40.6. The van der Waals surface area contributed by atoms with E-state index < -0.39 is 35.5 Å². The van der Waals surface area contributed by atoms with Crippen LogP contribution in [0.3, 0.4) is 0 Å². The van der Waals surface area contributed by atoms with Gasteiger partial charge in [-0.05, 0) is 78.1 Å². The fraction of sp³-hybridized carbons (Fsp3) is 0.743. The number of ketones is 1. The maximum Gasteiger partial charge on any atom is 0.329 e. The molecule has 13 heteroatoms. The number of rotatable bonds is 20. The normalized spacial score (nSPS) is 19.6. The van der Waals surface area contributed by atoms with E-state index in [1.165, 1.54) is 12.2 Å². The summed E-state index contributed by atoms with van der Waals surface area (Å²) >= 11 is 0. The molecular weight excluding hydrogens is 618 g/mol. The maximum atomic E-state index is 13.2. The molecule has 0 aromatic carbocycles. The van der Waals surface area contributed by atoms with E-state index in [4.69, 9.17) is 10.5 Å². The smallest absolute Gasteiger partial charge is 0.329 e. The van der Waals surface area contributed by atoms with Crippen molar-refractivity contribution < 1.29 is 38.3 Å². The SMILES string of the molecule is CC(C)[C@H](NC(=O)CCCCCN1C(=O)C=CC1=O)C(=O)C[C@@H](C)C(=O)N[C@@H](CCCCNC(=O)C1CC[C@H](N)C1)C(=O)OC(C)(C)C. The number of ether oxygens (including phenoxy) is 1. The molecule has 0 spiro atoms. The molecule has 0 aromatic heterocycles. The van der Waals surface area contributed by atoms with Gasteiger partial charge in [-0.2, -0.15) is 0 Å². The summed E-state index contributed by atoms with van der Waals surface area (Å²) in [7, 11) is 0. The van der Waals surface area contributed by atoms with Gasteiger partial charge in [-0.25, -0.2) is 4.79 Å². The van der Waals surface area contributed by atoms with Gasteiger partial charge in [0.15, 0.2) is 5.78 Å². The van der Waals surface area contributed by atoms with Crippen LogP contribution in [-0.4, -0.2) is 83.0 Å². The van der Waals surface area contributed by atoms with Gasteiger partial charge < -0.3 is 26.4 Å². The molecule has 0 saturated heterocycles. The molecule has 5 N–H and O–H groups in total. The summed E-state index contributed by atoms with van der Waals surface area (Å²) in [4.78, 5) is 88.9. The molecule has 5 amide bonds. The highest BCUT2D eigenvalue weighted by Crippen LogP contribution is 2.24. The van der Waals surface area contributed by atoms with Gasteiger partial charge >= 0.3 is 5.97 Å². The van der Waals surface area contributed by atoms with E-state index in [-0.39, 0.29) is 60.1 Å². The molecule has 0 radical (unpaired) electrons. The molecule has 2 aliphatic rings. The van der Waals surface area contributed by atoms with Crippen molar-refractivity contribution in [2.45, 2.75) is 136 Å². The summed E-state index contributed by atoms with van der Waals surface area (Å²) in [6.07, 6.45) is 8.06. The van der Waals surface area contributed by atoms with Crippen LogP contribution >= 0.6 is 0 Å². The molecule has 0 bridgehead atoms. The van der Waals surface area contributed by atoms with Gasteiger partial charge in [0.05, 0.1) is 6.04 Å². The third-order valence-corrected chi connectivity index (χ3v) is 8.54. The minimum absolute atomic E-state index is 0.00214. The van der Waals surface area contributed by atoms with E-state index in [9.17, 15) is 33.6 Å². The van der Waals surface area contributed by atoms with E-state index in [0.29, 0.717) is 58.0 Å². The highest BCUT2D eigenvalue weighted by molar-refractivity contribution is 6.12. The topological polar surface area (TPSA) is 194 Å². The lowest BCUT2D eigenvalue weighted by atomic mass is 9.92. The molecule has 1 aliphatic heterocycles. The quantitative estimate of drug-likeness (QED) is 0.0852. The highest BCUT2D eigenvalue weighted by atomic mass is 16.6. The highest BCUT2D eigenvalue weighted by Gasteiger charge is 2.32. The Labute approximate surface area is 284 Å². The first-order chi connectivity index (χ1) is 22.5. The Morgan fingerprint density at radius 2 is 1.60 bits per heavy atom. The van der Waals surface area contributed by atoms with E-state index in [1.54, 1.807) is 27.7 Å².